The zero-order chi connectivity index (χ0) is 14.5. The third kappa shape index (κ3) is 3.74. The van der Waals surface area contributed by atoms with Crippen LogP contribution in [0, 0.1) is 13.8 Å². The van der Waals surface area contributed by atoms with E-state index in [9.17, 15) is 0 Å². The van der Waals surface area contributed by atoms with Crippen molar-refractivity contribution in [3.8, 4) is 0 Å². The quantitative estimate of drug-likeness (QED) is 0.808. The average Bonchev–Trinajstić information content (AvgIpc) is 2.84. The summed E-state index contributed by atoms with van der Waals surface area (Å²) in [5.74, 6) is 0.993. The predicted octanol–water partition coefficient (Wildman–Crippen LogP) is 4.94. The Morgan fingerprint density at radius 1 is 1.15 bits per heavy atom. The second kappa shape index (κ2) is 7.09. The molecule has 0 saturated heterocycles. The van der Waals surface area contributed by atoms with E-state index in [2.05, 4.69) is 60.2 Å². The number of hydrogen-bond donors (Lipinski definition) is 1. The molecule has 1 aromatic heterocycles. The van der Waals surface area contributed by atoms with Crippen LogP contribution in [0.2, 0.25) is 0 Å². The summed E-state index contributed by atoms with van der Waals surface area (Å²) >= 11 is 3.39. The van der Waals surface area contributed by atoms with E-state index in [1.54, 1.807) is 0 Å². The Balaban J connectivity index is 2.23. The molecule has 1 N–H and O–H groups in total. The largest absolute Gasteiger partial charge is 0.453 e. The Bertz CT molecular complexity index is 542. The fourth-order valence-electron chi connectivity index (χ4n) is 2.48. The molecule has 0 aliphatic heterocycles. The van der Waals surface area contributed by atoms with Crippen molar-refractivity contribution in [2.75, 3.05) is 6.54 Å². The van der Waals surface area contributed by atoms with Gasteiger partial charge in [-0.25, -0.2) is 0 Å². The highest BCUT2D eigenvalue weighted by molar-refractivity contribution is 9.10. The molecular formula is C17H22BrNO. The number of rotatable bonds is 6. The molecule has 0 amide bonds. The lowest BCUT2D eigenvalue weighted by Crippen LogP contribution is -2.24. The number of hydrogen-bond acceptors (Lipinski definition) is 2. The van der Waals surface area contributed by atoms with Crippen LogP contribution in [0.25, 0.3) is 0 Å². The molecule has 0 aliphatic carbocycles. The maximum absolute atomic E-state index is 5.75. The molecule has 1 aromatic carbocycles. The second-order valence-corrected chi connectivity index (χ2v) is 6.00. The molecule has 0 saturated carbocycles. The van der Waals surface area contributed by atoms with E-state index in [0.29, 0.717) is 0 Å². The van der Waals surface area contributed by atoms with E-state index < -0.39 is 0 Å². The Labute approximate surface area is 129 Å². The summed E-state index contributed by atoms with van der Waals surface area (Å²) in [6.45, 7) is 7.53. The molecule has 1 unspecified atom stereocenters. The summed E-state index contributed by atoms with van der Waals surface area (Å²) in [6, 6.07) is 10.7. The predicted molar refractivity (Wildman–Crippen MR) is 87.1 cm³/mol. The van der Waals surface area contributed by atoms with Gasteiger partial charge in [0.1, 0.15) is 5.76 Å². The second-order valence-electron chi connectivity index (χ2n) is 5.22. The smallest absolute Gasteiger partial charge is 0.169 e. The van der Waals surface area contributed by atoms with Gasteiger partial charge in [-0.2, -0.15) is 0 Å². The molecule has 2 nitrogen and oxygen atoms in total. The number of aryl methyl sites for hydroxylation is 2. The lowest BCUT2D eigenvalue weighted by atomic mass is 9.95. The van der Waals surface area contributed by atoms with Crippen LogP contribution in [0.4, 0.5) is 0 Å². The van der Waals surface area contributed by atoms with Crippen LogP contribution in [-0.2, 0) is 6.42 Å². The van der Waals surface area contributed by atoms with Gasteiger partial charge < -0.3 is 9.73 Å². The lowest BCUT2D eigenvalue weighted by molar-refractivity contribution is 0.399. The molecule has 1 heterocycles. The van der Waals surface area contributed by atoms with Crippen molar-refractivity contribution in [1.29, 1.82) is 0 Å². The van der Waals surface area contributed by atoms with Gasteiger partial charge in [0.15, 0.2) is 4.67 Å². The summed E-state index contributed by atoms with van der Waals surface area (Å²) in [5, 5.41) is 3.59. The normalized spacial score (nSPS) is 12.6. The Morgan fingerprint density at radius 2 is 1.85 bits per heavy atom. The molecule has 2 rings (SSSR count). The van der Waals surface area contributed by atoms with E-state index in [4.69, 9.17) is 4.42 Å². The van der Waals surface area contributed by atoms with Crippen molar-refractivity contribution in [2.24, 2.45) is 0 Å². The third-order valence-electron chi connectivity index (χ3n) is 3.63. The molecule has 0 aliphatic rings. The van der Waals surface area contributed by atoms with E-state index >= 15 is 0 Å². The summed E-state index contributed by atoms with van der Waals surface area (Å²) in [5.41, 5.74) is 4.10. The van der Waals surface area contributed by atoms with Gasteiger partial charge in [0.25, 0.3) is 0 Å². The molecule has 3 heteroatoms. The van der Waals surface area contributed by atoms with Crippen molar-refractivity contribution in [3.63, 3.8) is 0 Å². The molecule has 20 heavy (non-hydrogen) atoms. The Hall–Kier alpha value is -1.06. The zero-order valence-corrected chi connectivity index (χ0v) is 14.0. The first-order chi connectivity index (χ1) is 9.61. The Morgan fingerprint density at radius 3 is 2.40 bits per heavy atom. The van der Waals surface area contributed by atoms with Crippen LogP contribution in [-0.4, -0.2) is 6.54 Å². The lowest BCUT2D eigenvalue weighted by Gasteiger charge is -2.19. The molecule has 0 bridgehead atoms. The molecular weight excluding hydrogens is 314 g/mol. The standard InChI is InChI=1S/C17H22BrNO/c1-4-10-19-15(16-8-9-17(18)20-16)11-14-12(2)6-5-7-13(14)3/h5-9,15,19H,4,10-11H2,1-3H3. The molecule has 0 spiro atoms. The van der Waals surface area contributed by atoms with Crippen LogP contribution in [0.15, 0.2) is 39.4 Å². The topological polar surface area (TPSA) is 25.2 Å². The van der Waals surface area contributed by atoms with Crippen LogP contribution in [0.5, 0.6) is 0 Å². The molecule has 0 radical (unpaired) electrons. The van der Waals surface area contributed by atoms with Crippen LogP contribution < -0.4 is 5.32 Å². The number of nitrogens with one attached hydrogen (secondary N) is 1. The monoisotopic (exact) mass is 335 g/mol. The minimum absolute atomic E-state index is 0.223. The van der Waals surface area contributed by atoms with Crippen molar-refractivity contribution < 1.29 is 4.42 Å². The highest BCUT2D eigenvalue weighted by Crippen LogP contribution is 2.26. The SMILES string of the molecule is CCCNC(Cc1c(C)cccc1C)c1ccc(Br)o1. The van der Waals surface area contributed by atoms with Crippen molar-refractivity contribution in [1.82, 2.24) is 5.32 Å². The maximum atomic E-state index is 5.75. The van der Waals surface area contributed by atoms with Crippen molar-refractivity contribution >= 4 is 15.9 Å². The maximum Gasteiger partial charge on any atom is 0.169 e. The molecule has 108 valence electrons. The van der Waals surface area contributed by atoms with E-state index in [-0.39, 0.29) is 6.04 Å². The van der Waals surface area contributed by atoms with Crippen LogP contribution in [0.1, 0.15) is 41.8 Å². The molecule has 0 fully saturated rings. The van der Waals surface area contributed by atoms with Crippen LogP contribution in [0.3, 0.4) is 0 Å². The molecule has 1 atom stereocenters. The number of benzene rings is 1. The molecule has 2 aromatic rings. The van der Waals surface area contributed by atoms with Gasteiger partial charge in [-0.1, -0.05) is 25.1 Å². The highest BCUT2D eigenvalue weighted by Gasteiger charge is 2.17. The van der Waals surface area contributed by atoms with Crippen molar-refractivity contribution in [3.05, 3.63) is 57.5 Å². The first-order valence-corrected chi connectivity index (χ1v) is 7.94. The fraction of sp³-hybridized carbons (Fsp3) is 0.412. The van der Waals surface area contributed by atoms with E-state index in [0.717, 1.165) is 29.8 Å². The van der Waals surface area contributed by atoms with E-state index in [1.165, 1.54) is 16.7 Å². The Kier molecular flexibility index (Phi) is 5.44. The summed E-state index contributed by atoms with van der Waals surface area (Å²) in [4.78, 5) is 0. The highest BCUT2D eigenvalue weighted by atomic mass is 79.9. The van der Waals surface area contributed by atoms with Gasteiger partial charge in [0, 0.05) is 0 Å². The van der Waals surface area contributed by atoms with Gasteiger partial charge in [-0.3, -0.25) is 0 Å². The minimum Gasteiger partial charge on any atom is -0.453 e. The van der Waals surface area contributed by atoms with Gasteiger partial charge in [-0.05, 0) is 78.0 Å². The van der Waals surface area contributed by atoms with E-state index in [1.807, 2.05) is 12.1 Å². The van der Waals surface area contributed by atoms with Gasteiger partial charge >= 0.3 is 0 Å². The van der Waals surface area contributed by atoms with Crippen molar-refractivity contribution in [2.45, 2.75) is 39.7 Å². The van der Waals surface area contributed by atoms with Gasteiger partial charge in [0.05, 0.1) is 6.04 Å². The fourth-order valence-corrected chi connectivity index (χ4v) is 2.80. The van der Waals surface area contributed by atoms with Crippen LogP contribution >= 0.6 is 15.9 Å². The number of furan rings is 1. The van der Waals surface area contributed by atoms with Gasteiger partial charge in [0.2, 0.25) is 0 Å². The number of halogens is 1. The summed E-state index contributed by atoms with van der Waals surface area (Å²) in [6.07, 6.45) is 2.07. The zero-order valence-electron chi connectivity index (χ0n) is 12.4. The first kappa shape index (κ1) is 15.3. The van der Waals surface area contributed by atoms with Gasteiger partial charge in [-0.15, -0.1) is 0 Å². The minimum atomic E-state index is 0.223. The summed E-state index contributed by atoms with van der Waals surface area (Å²) < 4.78 is 6.54. The summed E-state index contributed by atoms with van der Waals surface area (Å²) in [7, 11) is 0. The third-order valence-corrected chi connectivity index (χ3v) is 4.06. The first-order valence-electron chi connectivity index (χ1n) is 7.15. The average molecular weight is 336 g/mol.